The van der Waals surface area contributed by atoms with Crippen LogP contribution in [0.1, 0.15) is 37.4 Å². The molecule has 0 unspecified atom stereocenters. The van der Waals surface area contributed by atoms with Gasteiger partial charge in [0.15, 0.2) is 15.7 Å². The summed E-state index contributed by atoms with van der Waals surface area (Å²) in [5.74, 6) is 1.95. The van der Waals surface area contributed by atoms with Crippen molar-refractivity contribution < 1.29 is 8.42 Å². The molecule has 0 spiro atoms. The van der Waals surface area contributed by atoms with Crippen LogP contribution in [0.15, 0.2) is 29.2 Å². The first kappa shape index (κ1) is 13.3. The van der Waals surface area contributed by atoms with E-state index in [0.717, 1.165) is 24.2 Å². The molecule has 3 rings (SSSR count). The maximum atomic E-state index is 11.6. The Kier molecular flexibility index (Phi) is 3.33. The third-order valence-corrected chi connectivity index (χ3v) is 4.88. The summed E-state index contributed by atoms with van der Waals surface area (Å²) in [5, 5.41) is 7.22. The summed E-state index contributed by atoms with van der Waals surface area (Å²) < 4.78 is 23.2. The lowest BCUT2D eigenvalue weighted by Crippen LogP contribution is -1.97. The summed E-state index contributed by atoms with van der Waals surface area (Å²) in [6.45, 7) is 0. The number of sulfone groups is 1. The van der Waals surface area contributed by atoms with Crippen LogP contribution in [0.2, 0.25) is 0 Å². The van der Waals surface area contributed by atoms with Gasteiger partial charge in [0.1, 0.15) is 5.82 Å². The van der Waals surface area contributed by atoms with Crippen molar-refractivity contribution in [2.75, 3.05) is 6.26 Å². The fourth-order valence-electron chi connectivity index (χ4n) is 2.65. The van der Waals surface area contributed by atoms with Crippen LogP contribution in [-0.4, -0.2) is 29.9 Å². The fraction of sp³-hybridized carbons (Fsp3) is 0.429. The summed E-state index contributed by atoms with van der Waals surface area (Å²) >= 11 is 0. The van der Waals surface area contributed by atoms with E-state index in [1.54, 1.807) is 18.2 Å². The highest BCUT2D eigenvalue weighted by atomic mass is 32.2. The second kappa shape index (κ2) is 5.01. The van der Waals surface area contributed by atoms with Gasteiger partial charge in [0.25, 0.3) is 0 Å². The molecule has 6 heteroatoms. The summed E-state index contributed by atoms with van der Waals surface area (Å²) in [4.78, 5) is 4.82. The number of nitrogens with zero attached hydrogens (tertiary/aromatic N) is 2. The number of hydrogen-bond donors (Lipinski definition) is 1. The number of nitrogens with one attached hydrogen (secondary N) is 1. The average molecular weight is 291 g/mol. The second-order valence-electron chi connectivity index (χ2n) is 5.33. The lowest BCUT2D eigenvalue weighted by atomic mass is 10.1. The van der Waals surface area contributed by atoms with E-state index in [-0.39, 0.29) is 0 Å². The van der Waals surface area contributed by atoms with Crippen molar-refractivity contribution in [1.82, 2.24) is 15.2 Å². The zero-order valence-corrected chi connectivity index (χ0v) is 12.2. The highest BCUT2D eigenvalue weighted by Gasteiger charge is 2.21. The molecule has 1 aliphatic carbocycles. The smallest absolute Gasteiger partial charge is 0.181 e. The lowest BCUT2D eigenvalue weighted by Gasteiger charge is -2.02. The minimum atomic E-state index is -3.21. The van der Waals surface area contributed by atoms with Crippen molar-refractivity contribution in [2.24, 2.45) is 0 Å². The molecule has 1 aliphatic rings. The van der Waals surface area contributed by atoms with Gasteiger partial charge >= 0.3 is 0 Å². The first-order chi connectivity index (χ1) is 9.54. The molecule has 1 saturated carbocycles. The minimum absolute atomic E-state index is 0.294. The Bertz CT molecular complexity index is 716. The number of benzene rings is 1. The van der Waals surface area contributed by atoms with Crippen LogP contribution < -0.4 is 0 Å². The zero-order valence-electron chi connectivity index (χ0n) is 11.3. The normalized spacial score (nSPS) is 16.6. The lowest BCUT2D eigenvalue weighted by molar-refractivity contribution is 0.602. The van der Waals surface area contributed by atoms with Crippen molar-refractivity contribution in [3.8, 4) is 11.4 Å². The van der Waals surface area contributed by atoms with Crippen LogP contribution in [-0.2, 0) is 9.84 Å². The summed E-state index contributed by atoms with van der Waals surface area (Å²) in [6, 6.07) is 6.76. The predicted molar refractivity (Wildman–Crippen MR) is 76.1 cm³/mol. The van der Waals surface area contributed by atoms with Crippen molar-refractivity contribution in [1.29, 1.82) is 0 Å². The molecule has 106 valence electrons. The number of aromatic amines is 1. The van der Waals surface area contributed by atoms with Gasteiger partial charge in [-0.15, -0.1) is 0 Å². The summed E-state index contributed by atoms with van der Waals surface area (Å²) in [5.41, 5.74) is 0.730. The SMILES string of the molecule is CS(=O)(=O)c1cccc(-c2n[nH]c(C3CCCC3)n2)c1. The minimum Gasteiger partial charge on any atom is -0.262 e. The Hall–Kier alpha value is -1.69. The molecular weight excluding hydrogens is 274 g/mol. The number of rotatable bonds is 3. The van der Waals surface area contributed by atoms with Crippen LogP contribution in [0, 0.1) is 0 Å². The highest BCUT2D eigenvalue weighted by molar-refractivity contribution is 7.90. The molecule has 20 heavy (non-hydrogen) atoms. The van der Waals surface area contributed by atoms with Gasteiger partial charge < -0.3 is 0 Å². The third kappa shape index (κ3) is 2.60. The Morgan fingerprint density at radius 3 is 2.70 bits per heavy atom. The van der Waals surface area contributed by atoms with Crippen LogP contribution in [0.5, 0.6) is 0 Å². The quantitative estimate of drug-likeness (QED) is 0.942. The Labute approximate surface area is 118 Å². The van der Waals surface area contributed by atoms with Crippen molar-refractivity contribution >= 4 is 9.84 Å². The van der Waals surface area contributed by atoms with Gasteiger partial charge in [0.2, 0.25) is 0 Å². The van der Waals surface area contributed by atoms with Crippen LogP contribution >= 0.6 is 0 Å². The van der Waals surface area contributed by atoms with Crippen molar-refractivity contribution in [3.05, 3.63) is 30.1 Å². The first-order valence-corrected chi connectivity index (χ1v) is 8.66. The number of aromatic nitrogens is 3. The predicted octanol–water partition coefficient (Wildman–Crippen LogP) is 2.53. The molecule has 0 aliphatic heterocycles. The van der Waals surface area contributed by atoms with Crippen LogP contribution in [0.3, 0.4) is 0 Å². The second-order valence-corrected chi connectivity index (χ2v) is 7.34. The van der Waals surface area contributed by atoms with Crippen LogP contribution in [0.4, 0.5) is 0 Å². The fourth-order valence-corrected chi connectivity index (χ4v) is 3.32. The zero-order chi connectivity index (χ0) is 14.2. The van der Waals surface area contributed by atoms with Gasteiger partial charge in [-0.25, -0.2) is 13.4 Å². The first-order valence-electron chi connectivity index (χ1n) is 6.77. The van der Waals surface area contributed by atoms with E-state index in [1.165, 1.54) is 19.1 Å². The van der Waals surface area contributed by atoms with E-state index in [4.69, 9.17) is 0 Å². The van der Waals surface area contributed by atoms with E-state index < -0.39 is 9.84 Å². The van der Waals surface area contributed by atoms with Crippen molar-refractivity contribution in [2.45, 2.75) is 36.5 Å². The standard InChI is InChI=1S/C14H17N3O2S/c1-20(18,19)12-8-4-7-11(9-12)14-15-13(16-17-14)10-5-2-3-6-10/h4,7-10H,2-3,5-6H2,1H3,(H,15,16,17). The molecule has 0 radical (unpaired) electrons. The highest BCUT2D eigenvalue weighted by Crippen LogP contribution is 2.32. The van der Waals surface area contributed by atoms with E-state index in [2.05, 4.69) is 15.2 Å². The Morgan fingerprint density at radius 1 is 1.25 bits per heavy atom. The molecular formula is C14H17N3O2S. The summed E-state index contributed by atoms with van der Waals surface area (Å²) in [7, 11) is -3.21. The molecule has 0 bridgehead atoms. The Balaban J connectivity index is 1.93. The molecule has 5 nitrogen and oxygen atoms in total. The molecule has 1 heterocycles. The molecule has 1 aromatic heterocycles. The van der Waals surface area contributed by atoms with E-state index in [1.807, 2.05) is 6.07 Å². The molecule has 0 atom stereocenters. The topological polar surface area (TPSA) is 75.7 Å². The van der Waals surface area contributed by atoms with Gasteiger partial charge in [-0.05, 0) is 25.0 Å². The van der Waals surface area contributed by atoms with E-state index in [9.17, 15) is 8.42 Å². The average Bonchev–Trinajstić information content (AvgIpc) is 3.09. The van der Waals surface area contributed by atoms with Gasteiger partial charge in [-0.3, -0.25) is 5.10 Å². The van der Waals surface area contributed by atoms with E-state index in [0.29, 0.717) is 16.6 Å². The number of H-pyrrole nitrogens is 1. The maximum absolute atomic E-state index is 11.6. The molecule has 0 amide bonds. The molecule has 0 saturated heterocycles. The third-order valence-electron chi connectivity index (χ3n) is 3.76. The largest absolute Gasteiger partial charge is 0.262 e. The molecule has 2 aromatic rings. The van der Waals surface area contributed by atoms with Crippen molar-refractivity contribution in [3.63, 3.8) is 0 Å². The summed E-state index contributed by atoms with van der Waals surface area (Å²) in [6.07, 6.45) is 5.98. The van der Waals surface area contributed by atoms with Gasteiger partial charge in [-0.1, -0.05) is 25.0 Å². The van der Waals surface area contributed by atoms with Gasteiger partial charge in [0, 0.05) is 17.7 Å². The van der Waals surface area contributed by atoms with E-state index >= 15 is 0 Å². The molecule has 1 fully saturated rings. The molecule has 1 aromatic carbocycles. The van der Waals surface area contributed by atoms with Gasteiger partial charge in [0.05, 0.1) is 4.90 Å². The maximum Gasteiger partial charge on any atom is 0.181 e. The number of hydrogen-bond acceptors (Lipinski definition) is 4. The van der Waals surface area contributed by atoms with Crippen LogP contribution in [0.25, 0.3) is 11.4 Å². The van der Waals surface area contributed by atoms with Gasteiger partial charge in [-0.2, -0.15) is 5.10 Å². The monoisotopic (exact) mass is 291 g/mol. The Morgan fingerprint density at radius 2 is 2.00 bits per heavy atom. The molecule has 1 N–H and O–H groups in total.